The minimum atomic E-state index is -1.18. The van der Waals surface area contributed by atoms with E-state index in [4.69, 9.17) is 0 Å². The van der Waals surface area contributed by atoms with Gasteiger partial charge in [-0.05, 0) is 24.6 Å². The fourth-order valence-corrected chi connectivity index (χ4v) is 2.84. The highest BCUT2D eigenvalue weighted by atomic mass is 32.2. The van der Waals surface area contributed by atoms with Crippen molar-refractivity contribution in [2.75, 3.05) is 5.75 Å². The molecule has 3 heteroatoms. The molecule has 0 saturated carbocycles. The van der Waals surface area contributed by atoms with Crippen LogP contribution in [0.25, 0.3) is 6.08 Å². The van der Waals surface area contributed by atoms with Gasteiger partial charge in [0, 0.05) is 4.90 Å². The van der Waals surface area contributed by atoms with Crippen molar-refractivity contribution in [1.82, 2.24) is 0 Å². The van der Waals surface area contributed by atoms with E-state index < -0.39 is 16.9 Å². The smallest absolute Gasteiger partial charge is 0.0843 e. The summed E-state index contributed by atoms with van der Waals surface area (Å²) >= 11 is 0. The van der Waals surface area contributed by atoms with Crippen molar-refractivity contribution in [3.63, 3.8) is 0 Å². The lowest BCUT2D eigenvalue weighted by Gasteiger charge is -2.06. The Bertz CT molecular complexity index is 588. The van der Waals surface area contributed by atoms with Gasteiger partial charge in [0.2, 0.25) is 0 Å². The zero-order chi connectivity index (χ0) is 14.4. The lowest BCUT2D eigenvalue weighted by atomic mass is 10.2. The first-order valence-electron chi connectivity index (χ1n) is 6.51. The number of hydrogen-bond donors (Lipinski definition) is 1. The highest BCUT2D eigenvalue weighted by Gasteiger charge is 2.08. The van der Waals surface area contributed by atoms with E-state index in [1.807, 2.05) is 67.6 Å². The third-order valence-electron chi connectivity index (χ3n) is 2.92. The van der Waals surface area contributed by atoms with E-state index in [0.29, 0.717) is 0 Å². The van der Waals surface area contributed by atoms with Crippen LogP contribution in [0.15, 0.2) is 65.6 Å². The van der Waals surface area contributed by atoms with Crippen LogP contribution in [0.5, 0.6) is 0 Å². The Morgan fingerprint density at radius 2 is 1.75 bits per heavy atom. The molecule has 0 heterocycles. The predicted octanol–water partition coefficient (Wildman–Crippen LogP) is 3.18. The van der Waals surface area contributed by atoms with E-state index in [9.17, 15) is 9.32 Å². The summed E-state index contributed by atoms with van der Waals surface area (Å²) in [6, 6.07) is 17.3. The predicted molar refractivity (Wildman–Crippen MR) is 83.9 cm³/mol. The first-order valence-corrected chi connectivity index (χ1v) is 7.83. The molecule has 0 aromatic heterocycles. The van der Waals surface area contributed by atoms with Gasteiger partial charge in [0.05, 0.1) is 22.7 Å². The fraction of sp³-hybridized carbons (Fsp3) is 0.176. The number of aliphatic hydroxyl groups excluding tert-OH is 1. The van der Waals surface area contributed by atoms with Gasteiger partial charge in [-0.2, -0.15) is 0 Å². The molecule has 0 saturated heterocycles. The fourth-order valence-electron chi connectivity index (χ4n) is 1.78. The number of aliphatic hydroxyl groups is 1. The lowest BCUT2D eigenvalue weighted by Crippen LogP contribution is -2.13. The van der Waals surface area contributed by atoms with Gasteiger partial charge in [0.25, 0.3) is 0 Å². The average molecular weight is 286 g/mol. The van der Waals surface area contributed by atoms with Crippen molar-refractivity contribution in [1.29, 1.82) is 0 Å². The second-order valence-corrected chi connectivity index (χ2v) is 6.16. The molecule has 2 aromatic rings. The van der Waals surface area contributed by atoms with Crippen LogP contribution in [-0.4, -0.2) is 21.2 Å². The molecular weight excluding hydrogens is 268 g/mol. The Hall–Kier alpha value is -1.71. The molecule has 0 spiro atoms. The van der Waals surface area contributed by atoms with Gasteiger partial charge in [0.1, 0.15) is 0 Å². The lowest BCUT2D eigenvalue weighted by molar-refractivity contribution is 0.248. The molecule has 0 fully saturated rings. The average Bonchev–Trinajstić information content (AvgIpc) is 2.47. The minimum Gasteiger partial charge on any atom is -0.388 e. The highest BCUT2D eigenvalue weighted by Crippen LogP contribution is 2.10. The molecular formula is C17H18O2S. The van der Waals surface area contributed by atoms with Crippen LogP contribution in [0, 0.1) is 6.92 Å². The Kier molecular flexibility index (Phi) is 5.27. The number of benzene rings is 2. The van der Waals surface area contributed by atoms with E-state index >= 15 is 0 Å². The summed E-state index contributed by atoms with van der Waals surface area (Å²) in [6.45, 7) is 1.99. The van der Waals surface area contributed by atoms with Crippen LogP contribution in [0.4, 0.5) is 0 Å². The Labute approximate surface area is 122 Å². The third kappa shape index (κ3) is 4.44. The Morgan fingerprint density at radius 1 is 1.10 bits per heavy atom. The van der Waals surface area contributed by atoms with Gasteiger partial charge >= 0.3 is 0 Å². The van der Waals surface area contributed by atoms with Gasteiger partial charge in [-0.3, -0.25) is 4.21 Å². The monoisotopic (exact) mass is 286 g/mol. The zero-order valence-corrected chi connectivity index (χ0v) is 12.2. The van der Waals surface area contributed by atoms with Crippen LogP contribution < -0.4 is 0 Å². The molecule has 2 atom stereocenters. The molecule has 2 aromatic carbocycles. The quantitative estimate of drug-likeness (QED) is 0.916. The SMILES string of the molecule is Cc1ccc(S(=O)CC(O)/C=C/c2ccccc2)cc1. The number of hydrogen-bond acceptors (Lipinski definition) is 2. The summed E-state index contributed by atoms with van der Waals surface area (Å²) in [5.74, 6) is 0.215. The molecule has 0 bridgehead atoms. The van der Waals surface area contributed by atoms with Crippen LogP contribution >= 0.6 is 0 Å². The Morgan fingerprint density at radius 3 is 2.40 bits per heavy atom. The summed E-state index contributed by atoms with van der Waals surface area (Å²) in [5, 5.41) is 9.92. The molecule has 0 aliphatic carbocycles. The summed E-state index contributed by atoms with van der Waals surface area (Å²) in [4.78, 5) is 0.753. The van der Waals surface area contributed by atoms with Crippen molar-refractivity contribution in [3.8, 4) is 0 Å². The van der Waals surface area contributed by atoms with Crippen molar-refractivity contribution in [2.45, 2.75) is 17.9 Å². The van der Waals surface area contributed by atoms with Crippen LogP contribution in [0.2, 0.25) is 0 Å². The van der Waals surface area contributed by atoms with Crippen LogP contribution in [0.1, 0.15) is 11.1 Å². The van der Waals surface area contributed by atoms with Crippen LogP contribution in [-0.2, 0) is 10.8 Å². The molecule has 0 aliphatic rings. The van der Waals surface area contributed by atoms with Crippen LogP contribution in [0.3, 0.4) is 0 Å². The van der Waals surface area contributed by atoms with Gasteiger partial charge in [-0.15, -0.1) is 0 Å². The first kappa shape index (κ1) is 14.7. The van der Waals surface area contributed by atoms with Gasteiger partial charge < -0.3 is 5.11 Å². The normalized spacial score (nSPS) is 14.3. The minimum absolute atomic E-state index is 0.215. The first-order chi connectivity index (χ1) is 9.65. The van der Waals surface area contributed by atoms with Crippen molar-refractivity contribution in [2.24, 2.45) is 0 Å². The number of rotatable bonds is 5. The largest absolute Gasteiger partial charge is 0.388 e. The van der Waals surface area contributed by atoms with E-state index in [-0.39, 0.29) is 5.75 Å². The standard InChI is InChI=1S/C17H18O2S/c1-14-7-11-17(12-8-14)20(19)13-16(18)10-9-15-5-3-2-4-6-15/h2-12,16,18H,13H2,1H3/b10-9+. The summed E-state index contributed by atoms with van der Waals surface area (Å²) < 4.78 is 12.1. The molecule has 0 aliphatic heterocycles. The molecule has 2 rings (SSSR count). The van der Waals surface area contributed by atoms with Crippen molar-refractivity contribution < 1.29 is 9.32 Å². The maximum Gasteiger partial charge on any atom is 0.0843 e. The van der Waals surface area contributed by atoms with E-state index in [0.717, 1.165) is 16.0 Å². The molecule has 1 N–H and O–H groups in total. The maximum absolute atomic E-state index is 12.1. The molecule has 104 valence electrons. The van der Waals surface area contributed by atoms with Gasteiger partial charge in [-0.25, -0.2) is 0 Å². The third-order valence-corrected chi connectivity index (χ3v) is 4.36. The molecule has 0 radical (unpaired) electrons. The van der Waals surface area contributed by atoms with Gasteiger partial charge in [-0.1, -0.05) is 60.2 Å². The highest BCUT2D eigenvalue weighted by molar-refractivity contribution is 7.85. The summed E-state index contributed by atoms with van der Waals surface area (Å²) in [7, 11) is -1.18. The molecule has 2 unspecified atom stereocenters. The number of aryl methyl sites for hydroxylation is 1. The maximum atomic E-state index is 12.1. The van der Waals surface area contributed by atoms with E-state index in [2.05, 4.69) is 0 Å². The zero-order valence-electron chi connectivity index (χ0n) is 11.4. The van der Waals surface area contributed by atoms with Gasteiger partial charge in [0.15, 0.2) is 0 Å². The van der Waals surface area contributed by atoms with E-state index in [1.54, 1.807) is 6.08 Å². The second-order valence-electron chi connectivity index (χ2n) is 4.66. The van der Waals surface area contributed by atoms with Crippen molar-refractivity contribution >= 4 is 16.9 Å². The van der Waals surface area contributed by atoms with E-state index in [1.165, 1.54) is 0 Å². The second kappa shape index (κ2) is 7.17. The van der Waals surface area contributed by atoms with Crippen molar-refractivity contribution in [3.05, 3.63) is 71.8 Å². The Balaban J connectivity index is 1.94. The molecule has 0 amide bonds. The molecule has 2 nitrogen and oxygen atoms in total. The topological polar surface area (TPSA) is 37.3 Å². The summed E-state index contributed by atoms with van der Waals surface area (Å²) in [6.07, 6.45) is 2.82. The summed E-state index contributed by atoms with van der Waals surface area (Å²) in [5.41, 5.74) is 2.16. The molecule has 20 heavy (non-hydrogen) atoms.